The Morgan fingerprint density at radius 2 is 1.78 bits per heavy atom. The standard InChI is InChI=1S/C28H21N3O4S2/c1-3-35-27(34)21-22(16-10-5-4-6-11-16)29-28-31(23(21)19-14-9-15-36-19)26(33)24(37-28)20-17-12-7-8-13-18(17)30(2)25(20)32/h4-15,23H,3H2,1-2H3/b24-20-/t23-/m1/s1. The third-order valence-corrected chi connectivity index (χ3v) is 8.42. The Morgan fingerprint density at radius 1 is 1.03 bits per heavy atom. The van der Waals surface area contributed by atoms with E-state index < -0.39 is 12.0 Å². The van der Waals surface area contributed by atoms with Crippen LogP contribution in [0, 0.1) is 0 Å². The highest BCUT2D eigenvalue weighted by atomic mass is 32.1. The maximum absolute atomic E-state index is 14.1. The highest BCUT2D eigenvalue weighted by Gasteiger charge is 2.37. The van der Waals surface area contributed by atoms with E-state index in [9.17, 15) is 14.4 Å². The second-order valence-corrected chi connectivity index (χ2v) is 10.5. The first-order valence-electron chi connectivity index (χ1n) is 11.7. The first-order valence-corrected chi connectivity index (χ1v) is 13.4. The average Bonchev–Trinajstić information content (AvgIpc) is 3.62. The van der Waals surface area contributed by atoms with E-state index in [1.54, 1.807) is 18.9 Å². The summed E-state index contributed by atoms with van der Waals surface area (Å²) in [6.45, 7) is 1.94. The Kier molecular flexibility index (Phi) is 5.73. The predicted molar refractivity (Wildman–Crippen MR) is 144 cm³/mol. The van der Waals surface area contributed by atoms with Crippen LogP contribution in [0.25, 0.3) is 11.3 Å². The predicted octanol–water partition coefficient (Wildman–Crippen LogP) is 3.34. The summed E-state index contributed by atoms with van der Waals surface area (Å²) >= 11 is 2.62. The van der Waals surface area contributed by atoms with Crippen molar-refractivity contribution >= 4 is 51.5 Å². The molecule has 0 aliphatic carbocycles. The molecule has 6 rings (SSSR count). The van der Waals surface area contributed by atoms with Gasteiger partial charge in [-0.05, 0) is 24.4 Å². The van der Waals surface area contributed by atoms with Gasteiger partial charge in [0.25, 0.3) is 11.5 Å². The van der Waals surface area contributed by atoms with Gasteiger partial charge in [-0.2, -0.15) is 0 Å². The van der Waals surface area contributed by atoms with E-state index in [4.69, 9.17) is 9.73 Å². The van der Waals surface area contributed by atoms with Gasteiger partial charge in [0.1, 0.15) is 10.6 Å². The van der Waals surface area contributed by atoms with Crippen molar-refractivity contribution < 1.29 is 14.3 Å². The number of ether oxygens (including phenoxy) is 1. The molecule has 1 atom stereocenters. The van der Waals surface area contributed by atoms with Crippen molar-refractivity contribution in [1.82, 2.24) is 4.57 Å². The summed E-state index contributed by atoms with van der Waals surface area (Å²) < 4.78 is 7.31. The lowest BCUT2D eigenvalue weighted by Gasteiger charge is -2.24. The summed E-state index contributed by atoms with van der Waals surface area (Å²) in [5.74, 6) is -0.768. The number of anilines is 1. The monoisotopic (exact) mass is 527 g/mol. The number of aromatic nitrogens is 1. The van der Waals surface area contributed by atoms with Crippen LogP contribution in [0.1, 0.15) is 29.0 Å². The van der Waals surface area contributed by atoms with Crippen LogP contribution < -0.4 is 19.8 Å². The highest BCUT2D eigenvalue weighted by molar-refractivity contribution is 7.10. The molecule has 2 aromatic carbocycles. The summed E-state index contributed by atoms with van der Waals surface area (Å²) in [7, 11) is 1.70. The topological polar surface area (TPSA) is 81.0 Å². The molecule has 0 radical (unpaired) electrons. The molecule has 2 aromatic heterocycles. The maximum atomic E-state index is 14.1. The quantitative estimate of drug-likeness (QED) is 0.381. The van der Waals surface area contributed by atoms with Crippen LogP contribution in [0.2, 0.25) is 0 Å². The minimum atomic E-state index is -0.732. The van der Waals surface area contributed by atoms with Gasteiger partial charge in [0.05, 0.1) is 29.1 Å². The molecule has 2 aliphatic heterocycles. The van der Waals surface area contributed by atoms with Crippen LogP contribution >= 0.6 is 22.7 Å². The van der Waals surface area contributed by atoms with Gasteiger partial charge < -0.3 is 9.64 Å². The van der Waals surface area contributed by atoms with Gasteiger partial charge in [-0.25, -0.2) is 9.79 Å². The van der Waals surface area contributed by atoms with Gasteiger partial charge in [0, 0.05) is 23.1 Å². The van der Waals surface area contributed by atoms with Crippen LogP contribution in [0.4, 0.5) is 5.69 Å². The third-order valence-electron chi connectivity index (χ3n) is 6.44. The minimum Gasteiger partial charge on any atom is -0.463 e. The van der Waals surface area contributed by atoms with Crippen LogP contribution in [0.15, 0.2) is 87.5 Å². The first-order chi connectivity index (χ1) is 18.0. The van der Waals surface area contributed by atoms with Crippen molar-refractivity contribution in [2.75, 3.05) is 18.6 Å². The van der Waals surface area contributed by atoms with Crippen molar-refractivity contribution in [1.29, 1.82) is 0 Å². The van der Waals surface area contributed by atoms with Gasteiger partial charge in [-0.3, -0.25) is 14.2 Å². The summed E-state index contributed by atoms with van der Waals surface area (Å²) in [5, 5.41) is 1.91. The van der Waals surface area contributed by atoms with E-state index in [0.717, 1.165) is 16.1 Å². The molecule has 7 nitrogen and oxygen atoms in total. The summed E-state index contributed by atoms with van der Waals surface area (Å²) in [6.07, 6.45) is 0. The number of fused-ring (bicyclic) bond motifs is 2. The molecule has 0 fully saturated rings. The first kappa shape index (κ1) is 23.3. The second kappa shape index (κ2) is 9.10. The number of rotatable bonds is 4. The number of nitrogens with zero attached hydrogens (tertiary/aromatic N) is 3. The molecular formula is C28H21N3O4S2. The lowest BCUT2D eigenvalue weighted by molar-refractivity contribution is -0.138. The number of hydrogen-bond acceptors (Lipinski definition) is 7. The number of para-hydroxylation sites is 1. The smallest absolute Gasteiger partial charge is 0.338 e. The van der Waals surface area contributed by atoms with E-state index in [0.29, 0.717) is 31.7 Å². The lowest BCUT2D eigenvalue weighted by atomic mass is 9.97. The molecule has 0 saturated carbocycles. The van der Waals surface area contributed by atoms with Crippen molar-refractivity contribution in [3.8, 4) is 0 Å². The number of benzene rings is 2. The van der Waals surface area contributed by atoms with Crippen molar-refractivity contribution in [2.45, 2.75) is 13.0 Å². The Balaban J connectivity index is 1.72. The summed E-state index contributed by atoms with van der Waals surface area (Å²) in [6, 6.07) is 19.9. The van der Waals surface area contributed by atoms with E-state index >= 15 is 0 Å². The fourth-order valence-electron chi connectivity index (χ4n) is 4.80. The highest BCUT2D eigenvalue weighted by Crippen LogP contribution is 2.37. The molecule has 0 spiro atoms. The Morgan fingerprint density at radius 3 is 2.51 bits per heavy atom. The molecule has 0 N–H and O–H groups in total. The zero-order valence-electron chi connectivity index (χ0n) is 20.0. The van der Waals surface area contributed by atoms with E-state index in [1.807, 2.05) is 72.1 Å². The van der Waals surface area contributed by atoms with E-state index in [2.05, 4.69) is 0 Å². The van der Waals surface area contributed by atoms with E-state index in [1.165, 1.54) is 27.2 Å². The Hall–Kier alpha value is -4.08. The number of thiophene rings is 1. The number of amides is 1. The number of thiazole rings is 1. The molecule has 0 saturated heterocycles. The van der Waals surface area contributed by atoms with Crippen LogP contribution in [-0.2, 0) is 14.3 Å². The van der Waals surface area contributed by atoms with Gasteiger partial charge in [0.2, 0.25) is 0 Å². The largest absolute Gasteiger partial charge is 0.463 e. The zero-order chi connectivity index (χ0) is 25.7. The van der Waals surface area contributed by atoms with Crippen molar-refractivity contribution in [2.24, 2.45) is 4.99 Å². The fourth-order valence-corrected chi connectivity index (χ4v) is 6.71. The van der Waals surface area contributed by atoms with E-state index in [-0.39, 0.29) is 18.1 Å². The Labute approximate surface area is 219 Å². The number of hydrogen-bond donors (Lipinski definition) is 0. The van der Waals surface area contributed by atoms with Crippen LogP contribution in [0.3, 0.4) is 0 Å². The maximum Gasteiger partial charge on any atom is 0.338 e. The van der Waals surface area contributed by atoms with Crippen LogP contribution in [-0.4, -0.2) is 30.1 Å². The van der Waals surface area contributed by atoms with Gasteiger partial charge >= 0.3 is 5.97 Å². The molecule has 2 aliphatic rings. The lowest BCUT2D eigenvalue weighted by Crippen LogP contribution is -2.40. The molecule has 0 unspecified atom stereocenters. The normalized spacial score (nSPS) is 17.9. The van der Waals surface area contributed by atoms with Crippen molar-refractivity contribution in [3.63, 3.8) is 0 Å². The number of carbonyl (C=O) groups excluding carboxylic acids is 2. The fraction of sp³-hybridized carbons (Fsp3) is 0.143. The minimum absolute atomic E-state index is 0.188. The van der Waals surface area contributed by atoms with Gasteiger partial charge in [0.15, 0.2) is 4.80 Å². The second-order valence-electron chi connectivity index (χ2n) is 8.52. The molecule has 9 heteroatoms. The number of likely N-dealkylation sites (N-methyl/N-ethyl adjacent to an activating group) is 1. The molecule has 1 amide bonds. The van der Waals surface area contributed by atoms with Crippen molar-refractivity contribution in [3.05, 3.63) is 113 Å². The van der Waals surface area contributed by atoms with Crippen LogP contribution in [0.5, 0.6) is 0 Å². The summed E-state index contributed by atoms with van der Waals surface area (Å²) in [4.78, 5) is 48.4. The average molecular weight is 528 g/mol. The third kappa shape index (κ3) is 3.61. The molecule has 184 valence electrons. The van der Waals surface area contributed by atoms with Gasteiger partial charge in [-0.15, -0.1) is 11.3 Å². The zero-order valence-corrected chi connectivity index (χ0v) is 21.6. The molecule has 4 heterocycles. The molecule has 4 aromatic rings. The van der Waals surface area contributed by atoms with Gasteiger partial charge in [-0.1, -0.05) is 65.9 Å². The molecular weight excluding hydrogens is 506 g/mol. The number of esters is 1. The SMILES string of the molecule is CCOC(=O)C1=C(c2ccccc2)N=c2s/c(=C3\C(=O)N(C)c4ccccc43)c(=O)n2[C@@H]1c1cccs1. The molecule has 37 heavy (non-hydrogen) atoms. The Bertz CT molecular complexity index is 1770. The number of carbonyl (C=O) groups is 2. The molecule has 0 bridgehead atoms. The summed E-state index contributed by atoms with van der Waals surface area (Å²) in [5.41, 5.74) is 2.97.